The van der Waals surface area contributed by atoms with Gasteiger partial charge < -0.3 is 11.1 Å². The van der Waals surface area contributed by atoms with Crippen LogP contribution in [-0.2, 0) is 4.79 Å². The molecule has 1 amide bonds. The number of primary amides is 1. The third-order valence-corrected chi connectivity index (χ3v) is 4.68. The lowest BCUT2D eigenvalue weighted by molar-refractivity contribution is -0.114. The highest BCUT2D eigenvalue weighted by Gasteiger charge is 2.11. The van der Waals surface area contributed by atoms with E-state index in [1.807, 2.05) is 5.38 Å². The number of benzene rings is 1. The monoisotopic (exact) mass is 340 g/mol. The van der Waals surface area contributed by atoms with Crippen LogP contribution in [0.4, 0.5) is 5.13 Å². The van der Waals surface area contributed by atoms with Crippen molar-refractivity contribution in [2.45, 2.75) is 33.1 Å². The summed E-state index contributed by atoms with van der Waals surface area (Å²) in [6, 6.07) is 10.2. The van der Waals surface area contributed by atoms with Gasteiger partial charge in [0.25, 0.3) is 5.91 Å². The van der Waals surface area contributed by atoms with Gasteiger partial charge in [0.1, 0.15) is 11.6 Å². The van der Waals surface area contributed by atoms with E-state index in [-0.39, 0.29) is 5.57 Å². The molecule has 2 aromatic rings. The summed E-state index contributed by atoms with van der Waals surface area (Å²) in [5.74, 6) is -0.211. The molecule has 1 aromatic carbocycles. The first kappa shape index (κ1) is 17.7. The number of rotatable bonds is 6. The van der Waals surface area contributed by atoms with Crippen LogP contribution in [0.25, 0.3) is 11.3 Å². The smallest absolute Gasteiger partial charge is 0.261 e. The number of nitriles is 1. The summed E-state index contributed by atoms with van der Waals surface area (Å²) in [7, 11) is 0. The molecule has 0 unspecified atom stereocenters. The van der Waals surface area contributed by atoms with E-state index in [0.717, 1.165) is 17.7 Å². The summed E-state index contributed by atoms with van der Waals surface area (Å²) in [4.78, 5) is 15.7. The zero-order valence-corrected chi connectivity index (χ0v) is 14.8. The van der Waals surface area contributed by atoms with E-state index in [0.29, 0.717) is 16.7 Å². The average molecular weight is 340 g/mol. The summed E-state index contributed by atoms with van der Waals surface area (Å²) in [6.07, 6.45) is 1.11. The standard InChI is InChI=1S/C18H20N4OS/c1-4-11(2)13-5-7-14(8-6-13)16-10-24-18(22-16)21-12(3)15(9-19)17(20)23/h5-8,10-11H,4H2,1-3H3,(H2,20,23)(H,21,22)/b15-12-/t11-/m0/s1. The number of nitrogens with one attached hydrogen (secondary N) is 1. The second kappa shape index (κ2) is 7.75. The van der Waals surface area contributed by atoms with Gasteiger partial charge in [-0.3, -0.25) is 4.79 Å². The molecule has 1 aromatic heterocycles. The maximum atomic E-state index is 11.2. The number of carbonyl (C=O) groups excluding carboxylic acids is 1. The van der Waals surface area contributed by atoms with Gasteiger partial charge in [0.05, 0.1) is 5.69 Å². The molecule has 3 N–H and O–H groups in total. The zero-order chi connectivity index (χ0) is 17.7. The molecule has 1 heterocycles. The number of nitrogens with zero attached hydrogens (tertiary/aromatic N) is 2. The van der Waals surface area contributed by atoms with Crippen LogP contribution in [0.1, 0.15) is 38.7 Å². The summed E-state index contributed by atoms with van der Waals surface area (Å²) in [5.41, 5.74) is 8.67. The molecule has 6 heteroatoms. The molecule has 0 saturated carbocycles. The molecule has 0 aliphatic carbocycles. The van der Waals surface area contributed by atoms with E-state index >= 15 is 0 Å². The number of anilines is 1. The molecule has 1 atom stereocenters. The molecule has 0 saturated heterocycles. The van der Waals surface area contributed by atoms with Crippen LogP contribution >= 0.6 is 11.3 Å². The largest absolute Gasteiger partial charge is 0.365 e. The van der Waals surface area contributed by atoms with Crippen molar-refractivity contribution in [2.75, 3.05) is 5.32 Å². The fraction of sp³-hybridized carbons (Fsp3) is 0.278. The average Bonchev–Trinajstić information content (AvgIpc) is 3.03. The van der Waals surface area contributed by atoms with Gasteiger partial charge in [-0.2, -0.15) is 5.26 Å². The lowest BCUT2D eigenvalue weighted by Crippen LogP contribution is -2.16. The molecule has 24 heavy (non-hydrogen) atoms. The van der Waals surface area contributed by atoms with Crippen LogP contribution in [0.15, 0.2) is 40.9 Å². The molecule has 5 nitrogen and oxygen atoms in total. The van der Waals surface area contributed by atoms with Crippen molar-refractivity contribution < 1.29 is 4.79 Å². The first-order valence-electron chi connectivity index (χ1n) is 7.69. The second-order valence-electron chi connectivity index (χ2n) is 5.57. The lowest BCUT2D eigenvalue weighted by Gasteiger charge is -2.09. The quantitative estimate of drug-likeness (QED) is 0.613. The van der Waals surface area contributed by atoms with Gasteiger partial charge in [-0.15, -0.1) is 11.3 Å². The fourth-order valence-electron chi connectivity index (χ4n) is 2.23. The fourth-order valence-corrected chi connectivity index (χ4v) is 3.00. The van der Waals surface area contributed by atoms with E-state index in [9.17, 15) is 4.79 Å². The van der Waals surface area contributed by atoms with E-state index in [1.54, 1.807) is 13.0 Å². The van der Waals surface area contributed by atoms with Crippen molar-refractivity contribution in [2.24, 2.45) is 5.73 Å². The second-order valence-corrected chi connectivity index (χ2v) is 6.43. The Kier molecular flexibility index (Phi) is 5.72. The third-order valence-electron chi connectivity index (χ3n) is 3.92. The Labute approximate surface area is 145 Å². The van der Waals surface area contributed by atoms with Crippen molar-refractivity contribution in [3.8, 4) is 17.3 Å². The first-order valence-corrected chi connectivity index (χ1v) is 8.57. The highest BCUT2D eigenvalue weighted by atomic mass is 32.1. The SMILES string of the molecule is CC[C@H](C)c1ccc(-c2csc(N/C(C)=C(/C#N)C(N)=O)n2)cc1. The Morgan fingerprint density at radius 2 is 2.08 bits per heavy atom. The molecule has 0 fully saturated rings. The van der Waals surface area contributed by atoms with Gasteiger partial charge in [-0.1, -0.05) is 38.1 Å². The van der Waals surface area contributed by atoms with Crippen molar-refractivity contribution in [1.82, 2.24) is 4.98 Å². The predicted molar refractivity (Wildman–Crippen MR) is 97.4 cm³/mol. The van der Waals surface area contributed by atoms with Crippen LogP contribution in [-0.4, -0.2) is 10.9 Å². The number of amides is 1. The summed E-state index contributed by atoms with van der Waals surface area (Å²) >= 11 is 1.41. The van der Waals surface area contributed by atoms with Crippen LogP contribution in [0.3, 0.4) is 0 Å². The number of aromatic nitrogens is 1. The zero-order valence-electron chi connectivity index (χ0n) is 14.0. The van der Waals surface area contributed by atoms with Gasteiger partial charge in [0, 0.05) is 16.6 Å². The highest BCUT2D eigenvalue weighted by Crippen LogP contribution is 2.28. The molecule has 0 bridgehead atoms. The Bertz CT molecular complexity index is 799. The van der Waals surface area contributed by atoms with E-state index in [1.165, 1.54) is 16.9 Å². The van der Waals surface area contributed by atoms with Gasteiger partial charge in [-0.25, -0.2) is 4.98 Å². The molecule has 0 spiro atoms. The molecule has 2 rings (SSSR count). The number of allylic oxidation sites excluding steroid dienone is 1. The van der Waals surface area contributed by atoms with Crippen molar-refractivity contribution in [3.05, 3.63) is 46.5 Å². The number of carbonyl (C=O) groups is 1. The van der Waals surface area contributed by atoms with Gasteiger partial charge >= 0.3 is 0 Å². The summed E-state index contributed by atoms with van der Waals surface area (Å²) < 4.78 is 0. The van der Waals surface area contributed by atoms with Crippen molar-refractivity contribution in [1.29, 1.82) is 5.26 Å². The predicted octanol–water partition coefficient (Wildman–Crippen LogP) is 4.02. The maximum absolute atomic E-state index is 11.2. The maximum Gasteiger partial charge on any atom is 0.261 e. The molecule has 0 aliphatic heterocycles. The molecule has 0 aliphatic rings. The van der Waals surface area contributed by atoms with Crippen LogP contribution < -0.4 is 11.1 Å². The lowest BCUT2D eigenvalue weighted by atomic mass is 9.97. The third kappa shape index (κ3) is 4.00. The number of hydrogen-bond donors (Lipinski definition) is 2. The Hall–Kier alpha value is -2.65. The minimum absolute atomic E-state index is 0.0929. The molecular weight excluding hydrogens is 320 g/mol. The van der Waals surface area contributed by atoms with E-state index in [4.69, 9.17) is 11.0 Å². The Morgan fingerprint density at radius 3 is 2.62 bits per heavy atom. The minimum Gasteiger partial charge on any atom is -0.365 e. The van der Waals surface area contributed by atoms with Gasteiger partial charge in [0.15, 0.2) is 5.13 Å². The molecule has 124 valence electrons. The van der Waals surface area contributed by atoms with Crippen LogP contribution in [0.2, 0.25) is 0 Å². The molecular formula is C18H20N4OS. The van der Waals surface area contributed by atoms with Crippen molar-refractivity contribution in [3.63, 3.8) is 0 Å². The Morgan fingerprint density at radius 1 is 1.42 bits per heavy atom. The number of nitrogens with two attached hydrogens (primary N) is 1. The van der Waals surface area contributed by atoms with E-state index in [2.05, 4.69) is 48.4 Å². The van der Waals surface area contributed by atoms with Crippen molar-refractivity contribution >= 4 is 22.4 Å². The van der Waals surface area contributed by atoms with Crippen LogP contribution in [0, 0.1) is 11.3 Å². The summed E-state index contributed by atoms with van der Waals surface area (Å²) in [6.45, 7) is 6.01. The first-order chi connectivity index (χ1) is 11.5. The van der Waals surface area contributed by atoms with Crippen LogP contribution in [0.5, 0.6) is 0 Å². The highest BCUT2D eigenvalue weighted by molar-refractivity contribution is 7.14. The number of hydrogen-bond acceptors (Lipinski definition) is 5. The summed E-state index contributed by atoms with van der Waals surface area (Å²) in [5, 5.41) is 14.5. The van der Waals surface area contributed by atoms with Gasteiger partial charge in [-0.05, 0) is 24.8 Å². The van der Waals surface area contributed by atoms with Gasteiger partial charge in [0.2, 0.25) is 0 Å². The molecule has 0 radical (unpaired) electrons. The number of thiazole rings is 1. The topological polar surface area (TPSA) is 91.8 Å². The van der Waals surface area contributed by atoms with E-state index < -0.39 is 5.91 Å². The Balaban J connectivity index is 2.19. The normalized spacial score (nSPS) is 12.9. The minimum atomic E-state index is -0.750.